The topological polar surface area (TPSA) is 50.4 Å². The third-order valence-corrected chi connectivity index (χ3v) is 3.52. The summed E-state index contributed by atoms with van der Waals surface area (Å²) in [6.07, 6.45) is 1.91. The van der Waals surface area contributed by atoms with Crippen molar-refractivity contribution in [2.75, 3.05) is 19.0 Å². The number of halogens is 1. The van der Waals surface area contributed by atoms with Gasteiger partial charge < -0.3 is 15.4 Å². The van der Waals surface area contributed by atoms with Crippen LogP contribution >= 0.6 is 11.6 Å². The first kappa shape index (κ1) is 13.2. The highest BCUT2D eigenvalue weighted by Crippen LogP contribution is 2.31. The van der Waals surface area contributed by atoms with Gasteiger partial charge >= 0.3 is 0 Å². The van der Waals surface area contributed by atoms with E-state index in [0.717, 1.165) is 24.9 Å². The van der Waals surface area contributed by atoms with Gasteiger partial charge in [0.25, 0.3) is 0 Å². The summed E-state index contributed by atoms with van der Waals surface area (Å²) in [7, 11) is 1.56. The highest BCUT2D eigenvalue weighted by atomic mass is 35.5. The highest BCUT2D eigenvalue weighted by molar-refractivity contribution is 6.31. The van der Waals surface area contributed by atoms with Crippen molar-refractivity contribution in [3.8, 4) is 5.75 Å². The molecule has 0 bridgehead atoms. The quantitative estimate of drug-likeness (QED) is 0.885. The fourth-order valence-electron chi connectivity index (χ4n) is 2.06. The molecule has 1 aromatic rings. The molecule has 1 heterocycles. The SMILES string of the molecule is COc1cc(Cl)c(C)cc1NC(=O)[C@@H]1CCCN1. The van der Waals surface area contributed by atoms with Gasteiger partial charge in [0.2, 0.25) is 5.91 Å². The monoisotopic (exact) mass is 268 g/mol. The van der Waals surface area contributed by atoms with E-state index in [1.165, 1.54) is 0 Å². The normalized spacial score (nSPS) is 18.7. The molecule has 4 nitrogen and oxygen atoms in total. The first-order chi connectivity index (χ1) is 8.61. The standard InChI is InChI=1S/C13H17ClN2O2/c1-8-6-11(12(18-2)7-9(8)14)16-13(17)10-4-3-5-15-10/h6-7,10,15H,3-5H2,1-2H3,(H,16,17)/t10-/m0/s1. The maximum Gasteiger partial charge on any atom is 0.241 e. The summed E-state index contributed by atoms with van der Waals surface area (Å²) in [5.74, 6) is 0.560. The zero-order valence-corrected chi connectivity index (χ0v) is 11.3. The summed E-state index contributed by atoms with van der Waals surface area (Å²) in [6, 6.07) is 3.44. The lowest BCUT2D eigenvalue weighted by atomic mass is 10.1. The molecular formula is C13H17ClN2O2. The number of carbonyl (C=O) groups excluding carboxylic acids is 1. The van der Waals surface area contributed by atoms with Crippen molar-refractivity contribution in [1.82, 2.24) is 5.32 Å². The molecule has 0 saturated carbocycles. The number of methoxy groups -OCH3 is 1. The van der Waals surface area contributed by atoms with Gasteiger partial charge in [-0.15, -0.1) is 0 Å². The number of hydrogen-bond donors (Lipinski definition) is 2. The van der Waals surface area contributed by atoms with Crippen LogP contribution in [-0.2, 0) is 4.79 Å². The Morgan fingerprint density at radius 3 is 2.94 bits per heavy atom. The lowest BCUT2D eigenvalue weighted by molar-refractivity contribution is -0.117. The zero-order chi connectivity index (χ0) is 13.1. The van der Waals surface area contributed by atoms with Gasteiger partial charge in [-0.25, -0.2) is 0 Å². The minimum atomic E-state index is -0.106. The van der Waals surface area contributed by atoms with E-state index in [9.17, 15) is 4.79 Å². The van der Waals surface area contributed by atoms with Crippen LogP contribution in [0.5, 0.6) is 5.75 Å². The summed E-state index contributed by atoms with van der Waals surface area (Å²) < 4.78 is 5.23. The van der Waals surface area contributed by atoms with E-state index < -0.39 is 0 Å². The Labute approximate surface area is 112 Å². The lowest BCUT2D eigenvalue weighted by Crippen LogP contribution is -2.35. The van der Waals surface area contributed by atoms with Crippen LogP contribution in [0, 0.1) is 6.92 Å². The van der Waals surface area contributed by atoms with Crippen LogP contribution in [0.4, 0.5) is 5.69 Å². The number of rotatable bonds is 3. The molecule has 98 valence electrons. The van der Waals surface area contributed by atoms with E-state index in [1.54, 1.807) is 13.2 Å². The van der Waals surface area contributed by atoms with Crippen LogP contribution in [0.3, 0.4) is 0 Å². The summed E-state index contributed by atoms with van der Waals surface area (Å²) in [6.45, 7) is 2.79. The van der Waals surface area contributed by atoms with Crippen LogP contribution in [0.1, 0.15) is 18.4 Å². The molecule has 1 aromatic carbocycles. The molecule has 1 saturated heterocycles. The average molecular weight is 269 g/mol. The largest absolute Gasteiger partial charge is 0.495 e. The number of benzene rings is 1. The van der Waals surface area contributed by atoms with Crippen LogP contribution in [0.2, 0.25) is 5.02 Å². The molecule has 1 aliphatic rings. The molecule has 18 heavy (non-hydrogen) atoms. The Balaban J connectivity index is 2.17. The molecule has 0 spiro atoms. The second kappa shape index (κ2) is 5.59. The molecule has 2 N–H and O–H groups in total. The Bertz CT molecular complexity index is 457. The Morgan fingerprint density at radius 1 is 1.56 bits per heavy atom. The van der Waals surface area contributed by atoms with Gasteiger partial charge in [0.05, 0.1) is 18.8 Å². The second-order valence-electron chi connectivity index (χ2n) is 4.44. The van der Waals surface area contributed by atoms with Gasteiger partial charge in [-0.3, -0.25) is 4.79 Å². The van der Waals surface area contributed by atoms with Crippen molar-refractivity contribution in [2.24, 2.45) is 0 Å². The third-order valence-electron chi connectivity index (χ3n) is 3.12. The first-order valence-electron chi connectivity index (χ1n) is 6.00. The summed E-state index contributed by atoms with van der Waals surface area (Å²) >= 11 is 6.02. The minimum absolute atomic E-state index is 0.0208. The Morgan fingerprint density at radius 2 is 2.33 bits per heavy atom. The van der Waals surface area contributed by atoms with E-state index in [2.05, 4.69) is 10.6 Å². The lowest BCUT2D eigenvalue weighted by Gasteiger charge is -2.15. The maximum atomic E-state index is 12.0. The van der Waals surface area contributed by atoms with E-state index in [-0.39, 0.29) is 11.9 Å². The van der Waals surface area contributed by atoms with Crippen molar-refractivity contribution in [1.29, 1.82) is 0 Å². The summed E-state index contributed by atoms with van der Waals surface area (Å²) in [5, 5.41) is 6.68. The zero-order valence-electron chi connectivity index (χ0n) is 10.5. The van der Waals surface area contributed by atoms with Crippen LogP contribution < -0.4 is 15.4 Å². The first-order valence-corrected chi connectivity index (χ1v) is 6.38. The molecule has 0 radical (unpaired) electrons. The number of aryl methyl sites for hydroxylation is 1. The summed E-state index contributed by atoms with van der Waals surface area (Å²) in [5.41, 5.74) is 1.57. The second-order valence-corrected chi connectivity index (χ2v) is 4.85. The minimum Gasteiger partial charge on any atom is -0.495 e. The Kier molecular flexibility index (Phi) is 4.09. The van der Waals surface area contributed by atoms with Crippen molar-refractivity contribution in [3.63, 3.8) is 0 Å². The smallest absolute Gasteiger partial charge is 0.241 e. The third kappa shape index (κ3) is 2.76. The highest BCUT2D eigenvalue weighted by Gasteiger charge is 2.23. The molecule has 1 amide bonds. The molecule has 1 aliphatic heterocycles. The van der Waals surface area contributed by atoms with Crippen LogP contribution in [0.15, 0.2) is 12.1 Å². The Hall–Kier alpha value is -1.26. The van der Waals surface area contributed by atoms with Gasteiger partial charge in [0, 0.05) is 11.1 Å². The van der Waals surface area contributed by atoms with Crippen LogP contribution in [0.25, 0.3) is 0 Å². The van der Waals surface area contributed by atoms with Gasteiger partial charge in [0.15, 0.2) is 0 Å². The number of hydrogen-bond acceptors (Lipinski definition) is 3. The van der Waals surface area contributed by atoms with Gasteiger partial charge in [-0.05, 0) is 37.9 Å². The number of anilines is 1. The van der Waals surface area contributed by atoms with Gasteiger partial charge in [-0.2, -0.15) is 0 Å². The molecular weight excluding hydrogens is 252 g/mol. The number of carbonyl (C=O) groups is 1. The molecule has 1 fully saturated rings. The molecule has 0 aliphatic carbocycles. The van der Waals surface area contributed by atoms with Gasteiger partial charge in [0.1, 0.15) is 5.75 Å². The van der Waals surface area contributed by atoms with Crippen molar-refractivity contribution >= 4 is 23.2 Å². The fourth-order valence-corrected chi connectivity index (χ4v) is 2.21. The number of ether oxygens (including phenoxy) is 1. The van der Waals surface area contributed by atoms with Crippen molar-refractivity contribution in [3.05, 3.63) is 22.7 Å². The van der Waals surface area contributed by atoms with Crippen molar-refractivity contribution < 1.29 is 9.53 Å². The van der Waals surface area contributed by atoms with Crippen LogP contribution in [-0.4, -0.2) is 25.6 Å². The molecule has 1 atom stereocenters. The number of nitrogens with one attached hydrogen (secondary N) is 2. The molecule has 0 aromatic heterocycles. The molecule has 0 unspecified atom stereocenters. The predicted molar refractivity (Wildman–Crippen MR) is 72.4 cm³/mol. The molecule has 2 rings (SSSR count). The van der Waals surface area contributed by atoms with E-state index in [4.69, 9.17) is 16.3 Å². The van der Waals surface area contributed by atoms with Gasteiger partial charge in [-0.1, -0.05) is 11.6 Å². The van der Waals surface area contributed by atoms with E-state index in [0.29, 0.717) is 16.5 Å². The summed E-state index contributed by atoms with van der Waals surface area (Å²) in [4.78, 5) is 12.0. The maximum absolute atomic E-state index is 12.0. The van der Waals surface area contributed by atoms with E-state index >= 15 is 0 Å². The average Bonchev–Trinajstić information content (AvgIpc) is 2.87. The van der Waals surface area contributed by atoms with Crippen molar-refractivity contribution in [2.45, 2.75) is 25.8 Å². The molecule has 5 heteroatoms. The predicted octanol–water partition coefficient (Wildman–Crippen LogP) is 2.35. The van der Waals surface area contributed by atoms with E-state index in [1.807, 2.05) is 13.0 Å². The fraction of sp³-hybridized carbons (Fsp3) is 0.462. The number of amides is 1.